The second-order valence-electron chi connectivity index (χ2n) is 9.56. The predicted octanol–water partition coefficient (Wildman–Crippen LogP) is 5.01. The number of nitrogens with zero attached hydrogens (tertiary/aromatic N) is 3. The monoisotopic (exact) mass is 493 g/mol. The fraction of sp³-hybridized carbons (Fsp3) is 0.346. The van der Waals surface area contributed by atoms with Crippen LogP contribution in [0.4, 0.5) is 21.6 Å². The summed E-state index contributed by atoms with van der Waals surface area (Å²) in [6.07, 6.45) is 5.60. The zero-order chi connectivity index (χ0) is 24.3. The topological polar surface area (TPSA) is 79.4 Å². The first-order chi connectivity index (χ1) is 16.9. The van der Waals surface area contributed by atoms with Crippen LogP contribution in [0.5, 0.6) is 5.75 Å². The van der Waals surface area contributed by atoms with E-state index >= 15 is 0 Å². The van der Waals surface area contributed by atoms with E-state index in [1.54, 1.807) is 25.1 Å². The van der Waals surface area contributed by atoms with Crippen LogP contribution >= 0.6 is 11.6 Å². The van der Waals surface area contributed by atoms with Crippen molar-refractivity contribution in [2.24, 2.45) is 17.3 Å². The molecule has 4 fully saturated rings. The summed E-state index contributed by atoms with van der Waals surface area (Å²) < 4.78 is 19.8. The molecule has 1 aromatic heterocycles. The van der Waals surface area contributed by atoms with E-state index in [0.717, 1.165) is 24.3 Å². The highest BCUT2D eigenvalue weighted by atomic mass is 35.5. The molecule has 2 N–H and O–H groups in total. The van der Waals surface area contributed by atoms with E-state index in [2.05, 4.69) is 32.5 Å². The molecule has 2 aliphatic carbocycles. The maximum absolute atomic E-state index is 13.6. The number of rotatable bonds is 8. The number of hydrogen-bond donors (Lipinski definition) is 2. The van der Waals surface area contributed by atoms with Gasteiger partial charge in [-0.3, -0.25) is 4.79 Å². The Morgan fingerprint density at radius 2 is 2.20 bits per heavy atom. The first-order valence-electron chi connectivity index (χ1n) is 11.7. The van der Waals surface area contributed by atoms with Gasteiger partial charge in [-0.1, -0.05) is 17.7 Å². The minimum Gasteiger partial charge on any atom is -0.491 e. The van der Waals surface area contributed by atoms with Crippen molar-refractivity contribution >= 4 is 45.6 Å². The van der Waals surface area contributed by atoms with Gasteiger partial charge in [0, 0.05) is 29.7 Å². The minimum atomic E-state index is -0.497. The van der Waals surface area contributed by atoms with Crippen LogP contribution in [0.2, 0.25) is 5.02 Å². The summed E-state index contributed by atoms with van der Waals surface area (Å²) in [6.45, 7) is 3.56. The number of carbonyl (C=O) groups excluding carboxylic acids is 1. The van der Waals surface area contributed by atoms with Gasteiger partial charge in [-0.15, -0.1) is 0 Å². The molecule has 2 aromatic carbocycles. The van der Waals surface area contributed by atoms with Crippen molar-refractivity contribution in [2.45, 2.75) is 19.4 Å². The summed E-state index contributed by atoms with van der Waals surface area (Å²) in [7, 11) is 2.21. The molecule has 2 saturated heterocycles. The third-order valence-corrected chi connectivity index (χ3v) is 7.95. The van der Waals surface area contributed by atoms with E-state index in [0.29, 0.717) is 45.9 Å². The number of hydrogen-bond acceptors (Lipinski definition) is 6. The molecule has 0 spiro atoms. The fourth-order valence-electron chi connectivity index (χ4n) is 6.03. The quantitative estimate of drug-likeness (QED) is 0.429. The molecule has 7 rings (SSSR count). The largest absolute Gasteiger partial charge is 0.491 e. The zero-order valence-corrected chi connectivity index (χ0v) is 20.1. The number of allylic oxidation sites excluding steroid dienone is 1. The van der Waals surface area contributed by atoms with Gasteiger partial charge >= 0.3 is 0 Å². The van der Waals surface area contributed by atoms with Crippen LogP contribution < -0.4 is 15.4 Å². The maximum Gasteiger partial charge on any atom is 0.248 e. The Bertz CT molecular complexity index is 1380. The summed E-state index contributed by atoms with van der Waals surface area (Å²) in [4.78, 5) is 23.6. The number of ether oxygens (including phenoxy) is 1. The van der Waals surface area contributed by atoms with Gasteiger partial charge in [0.2, 0.25) is 5.91 Å². The Balaban J connectivity index is 1.28. The summed E-state index contributed by atoms with van der Waals surface area (Å²) >= 11 is 5.93. The van der Waals surface area contributed by atoms with Crippen molar-refractivity contribution in [3.05, 3.63) is 59.7 Å². The molecule has 3 heterocycles. The van der Waals surface area contributed by atoms with Crippen molar-refractivity contribution < 1.29 is 13.9 Å². The summed E-state index contributed by atoms with van der Waals surface area (Å²) in [6, 6.07) is 8.70. The summed E-state index contributed by atoms with van der Waals surface area (Å²) in [5.74, 6) is 2.00. The van der Waals surface area contributed by atoms with Gasteiger partial charge < -0.3 is 20.3 Å². The van der Waals surface area contributed by atoms with Gasteiger partial charge in [0.05, 0.1) is 22.8 Å². The number of aromatic nitrogens is 2. The number of halogens is 2. The van der Waals surface area contributed by atoms with E-state index in [1.807, 2.05) is 6.07 Å². The average Bonchev–Trinajstić information content (AvgIpc) is 3.56. The van der Waals surface area contributed by atoms with Crippen molar-refractivity contribution in [3.8, 4) is 5.75 Å². The molecule has 2 aliphatic heterocycles. The molecule has 180 valence electrons. The molecule has 35 heavy (non-hydrogen) atoms. The molecular formula is C26H25ClFN5O2. The van der Waals surface area contributed by atoms with E-state index in [1.165, 1.54) is 31.1 Å². The Labute approximate surface area is 207 Å². The van der Waals surface area contributed by atoms with Gasteiger partial charge in [0.25, 0.3) is 0 Å². The van der Waals surface area contributed by atoms with E-state index in [4.69, 9.17) is 16.3 Å². The summed E-state index contributed by atoms with van der Waals surface area (Å²) in [5, 5.41) is 6.76. The molecule has 2 saturated carbocycles. The first kappa shape index (κ1) is 22.2. The summed E-state index contributed by atoms with van der Waals surface area (Å²) in [5.41, 5.74) is 2.23. The lowest BCUT2D eigenvalue weighted by Gasteiger charge is -2.16. The molecule has 2 bridgehead atoms. The van der Waals surface area contributed by atoms with Gasteiger partial charge in [0.1, 0.15) is 23.7 Å². The van der Waals surface area contributed by atoms with Gasteiger partial charge in [0.15, 0.2) is 0 Å². The van der Waals surface area contributed by atoms with E-state index in [-0.39, 0.29) is 10.9 Å². The van der Waals surface area contributed by atoms with E-state index < -0.39 is 5.82 Å². The standard InChI is InChI=1S/C26H25ClFN5O2/c1-3-4-22(34)32-20-10-15-19(29-13-30-25(15)31-14-5-6-18(28)17(27)9-14)11-21(20)35-8-7-26-16-12-33(2)24(26)23(16)26/h3-6,9-11,13,16,23-24H,7-8,12H2,1-2H3,(H,32,34)(H,29,30,31)/b4-3+/t16-,23-,24?,26+/m1/s1. The zero-order valence-electron chi connectivity index (χ0n) is 19.4. The van der Waals surface area contributed by atoms with Gasteiger partial charge in [-0.2, -0.15) is 0 Å². The Morgan fingerprint density at radius 3 is 2.91 bits per heavy atom. The Morgan fingerprint density at radius 1 is 1.34 bits per heavy atom. The smallest absolute Gasteiger partial charge is 0.248 e. The van der Waals surface area contributed by atoms with Crippen molar-refractivity contribution in [3.63, 3.8) is 0 Å². The van der Waals surface area contributed by atoms with Crippen LogP contribution in [0, 0.1) is 23.1 Å². The molecule has 0 radical (unpaired) electrons. The molecular weight excluding hydrogens is 469 g/mol. The van der Waals surface area contributed by atoms with Crippen molar-refractivity contribution in [1.29, 1.82) is 0 Å². The lowest BCUT2D eigenvalue weighted by molar-refractivity contribution is -0.111. The van der Waals surface area contributed by atoms with Crippen LogP contribution in [0.25, 0.3) is 10.9 Å². The highest BCUT2D eigenvalue weighted by Gasteiger charge is 2.90. The molecule has 3 aromatic rings. The van der Waals surface area contributed by atoms with Crippen LogP contribution in [0.3, 0.4) is 0 Å². The SMILES string of the molecule is C/C=C/C(=O)Nc1cc2c(Nc3ccc(F)c(Cl)c3)ncnc2cc1OCC[C@@]12C3[C@H]1[C@H]2CN3C. The second kappa shape index (κ2) is 8.17. The number of carbonyl (C=O) groups is 1. The molecule has 1 amide bonds. The fourth-order valence-corrected chi connectivity index (χ4v) is 6.21. The van der Waals surface area contributed by atoms with Crippen LogP contribution in [0.1, 0.15) is 13.3 Å². The minimum absolute atomic E-state index is 0.0102. The number of amides is 1. The normalized spacial score (nSPS) is 26.1. The highest BCUT2D eigenvalue weighted by Crippen LogP contribution is 2.86. The van der Waals surface area contributed by atoms with Gasteiger partial charge in [-0.05, 0) is 68.0 Å². The lowest BCUT2D eigenvalue weighted by Crippen LogP contribution is -2.17. The Kier molecular flexibility index (Phi) is 5.19. The maximum atomic E-state index is 13.6. The third kappa shape index (κ3) is 3.63. The Hall–Kier alpha value is -3.23. The van der Waals surface area contributed by atoms with Crippen molar-refractivity contribution in [1.82, 2.24) is 14.9 Å². The highest BCUT2D eigenvalue weighted by molar-refractivity contribution is 6.31. The lowest BCUT2D eigenvalue weighted by atomic mass is 10.0. The molecule has 4 atom stereocenters. The van der Waals surface area contributed by atoms with Crippen LogP contribution in [0.15, 0.2) is 48.8 Å². The molecule has 1 unspecified atom stereocenters. The third-order valence-electron chi connectivity index (χ3n) is 7.66. The number of fused-ring (bicyclic) bond motifs is 2. The van der Waals surface area contributed by atoms with Crippen LogP contribution in [-0.2, 0) is 4.79 Å². The number of piperidine rings is 1. The van der Waals surface area contributed by atoms with E-state index in [9.17, 15) is 9.18 Å². The van der Waals surface area contributed by atoms with Crippen LogP contribution in [-0.4, -0.2) is 47.0 Å². The number of benzene rings is 2. The molecule has 9 heteroatoms. The number of anilines is 3. The number of nitrogens with one attached hydrogen (secondary N) is 2. The molecule has 4 aliphatic rings. The predicted molar refractivity (Wildman–Crippen MR) is 134 cm³/mol. The molecule has 7 nitrogen and oxygen atoms in total. The second-order valence-corrected chi connectivity index (χ2v) is 9.97. The van der Waals surface area contributed by atoms with Crippen molar-refractivity contribution in [2.75, 3.05) is 30.8 Å². The van der Waals surface area contributed by atoms with Gasteiger partial charge in [-0.25, -0.2) is 14.4 Å². The first-order valence-corrected chi connectivity index (χ1v) is 12.1. The average molecular weight is 494 g/mol.